The first-order valence-corrected chi connectivity index (χ1v) is 8.17. The Hall–Kier alpha value is -3.60. The lowest BCUT2D eigenvalue weighted by Crippen LogP contribution is -2.11. The molecule has 3 aromatic rings. The molecule has 0 aliphatic rings. The fourth-order valence-electron chi connectivity index (χ4n) is 2.73. The molecule has 1 heterocycles. The lowest BCUT2D eigenvalue weighted by Gasteiger charge is -2.14. The van der Waals surface area contributed by atoms with E-state index in [4.69, 9.17) is 10.00 Å². The van der Waals surface area contributed by atoms with Gasteiger partial charge in [0.15, 0.2) is 11.6 Å². The average molecular weight is 368 g/mol. The number of carbonyl (C=O) groups excluding carboxylic acids is 1. The fraction of sp³-hybridized carbons (Fsp3) is 0.211. The van der Waals surface area contributed by atoms with E-state index in [1.807, 2.05) is 13.0 Å². The van der Waals surface area contributed by atoms with Gasteiger partial charge in [-0.15, -0.1) is 0 Å². The van der Waals surface area contributed by atoms with Crippen LogP contribution in [0.3, 0.4) is 0 Å². The monoisotopic (exact) mass is 368 g/mol. The number of hydrogen-bond donors (Lipinski definition) is 1. The highest BCUT2D eigenvalue weighted by Crippen LogP contribution is 2.34. The second-order valence-corrected chi connectivity index (χ2v) is 5.82. The van der Waals surface area contributed by atoms with Crippen molar-refractivity contribution in [1.82, 2.24) is 9.55 Å². The summed E-state index contributed by atoms with van der Waals surface area (Å²) in [7, 11) is 3.05. The first-order valence-electron chi connectivity index (χ1n) is 8.17. The highest BCUT2D eigenvalue weighted by molar-refractivity contribution is 5.97. The summed E-state index contributed by atoms with van der Waals surface area (Å²) in [6, 6.07) is 7.89. The van der Waals surface area contributed by atoms with Crippen molar-refractivity contribution in [1.29, 1.82) is 5.26 Å². The van der Waals surface area contributed by atoms with Gasteiger partial charge >= 0.3 is 6.09 Å². The molecule has 0 saturated heterocycles. The van der Waals surface area contributed by atoms with Gasteiger partial charge in [0, 0.05) is 19.2 Å². The molecule has 0 saturated carbocycles. The molecule has 0 radical (unpaired) electrons. The van der Waals surface area contributed by atoms with Crippen LogP contribution in [0, 0.1) is 17.1 Å². The molecule has 138 valence electrons. The molecule has 1 N–H and O–H groups in total. The van der Waals surface area contributed by atoms with E-state index in [1.165, 1.54) is 7.11 Å². The van der Waals surface area contributed by atoms with Gasteiger partial charge in [-0.05, 0) is 24.1 Å². The molecular formula is C19H17FN4O3. The van der Waals surface area contributed by atoms with Gasteiger partial charge in [-0.3, -0.25) is 5.32 Å². The van der Waals surface area contributed by atoms with E-state index in [9.17, 15) is 9.18 Å². The van der Waals surface area contributed by atoms with E-state index in [-0.39, 0.29) is 11.3 Å². The van der Waals surface area contributed by atoms with Gasteiger partial charge in [0.1, 0.15) is 11.3 Å². The lowest BCUT2D eigenvalue weighted by atomic mass is 10.1. The van der Waals surface area contributed by atoms with Crippen LogP contribution in [0.15, 0.2) is 30.6 Å². The second kappa shape index (κ2) is 7.33. The molecule has 3 rings (SSSR count). The second-order valence-electron chi connectivity index (χ2n) is 5.82. The largest absolute Gasteiger partial charge is 0.454 e. The Balaban J connectivity index is 2.09. The summed E-state index contributed by atoms with van der Waals surface area (Å²) in [5, 5.41) is 11.6. The minimum Gasteiger partial charge on any atom is -0.454 e. The zero-order valence-electron chi connectivity index (χ0n) is 15.0. The number of methoxy groups -OCH3 is 1. The van der Waals surface area contributed by atoms with E-state index in [0.29, 0.717) is 34.5 Å². The van der Waals surface area contributed by atoms with E-state index < -0.39 is 11.9 Å². The number of nitrogens with one attached hydrogen (secondary N) is 1. The molecule has 0 spiro atoms. The molecule has 2 aromatic carbocycles. The molecule has 27 heavy (non-hydrogen) atoms. The molecule has 0 atom stereocenters. The first-order chi connectivity index (χ1) is 13.0. The number of fused-ring (bicyclic) bond motifs is 1. The first kappa shape index (κ1) is 18.2. The number of imidazole rings is 1. The third-order valence-corrected chi connectivity index (χ3v) is 4.08. The van der Waals surface area contributed by atoms with Crippen LogP contribution < -0.4 is 10.1 Å². The van der Waals surface area contributed by atoms with Crippen molar-refractivity contribution in [2.75, 3.05) is 12.4 Å². The zero-order valence-corrected chi connectivity index (χ0v) is 15.0. The summed E-state index contributed by atoms with van der Waals surface area (Å²) in [5.41, 5.74) is 2.41. The van der Waals surface area contributed by atoms with Gasteiger partial charge in [-0.25, -0.2) is 14.2 Å². The molecule has 0 bridgehead atoms. The molecule has 1 aromatic heterocycles. The normalized spacial score (nSPS) is 10.5. The number of carbonyl (C=O) groups is 1. The van der Waals surface area contributed by atoms with Crippen LogP contribution in [0.2, 0.25) is 0 Å². The average Bonchev–Trinajstić information content (AvgIpc) is 3.04. The van der Waals surface area contributed by atoms with Crippen molar-refractivity contribution >= 4 is 22.8 Å². The predicted octanol–water partition coefficient (Wildman–Crippen LogP) is 4.12. The van der Waals surface area contributed by atoms with Crippen molar-refractivity contribution < 1.29 is 18.7 Å². The SMILES string of the molecule is CCc1cc(C#N)cc(F)c1Oc1cc(NC(=O)OC)c2ncn(C)c2c1. The minimum absolute atomic E-state index is 0.0436. The quantitative estimate of drug-likeness (QED) is 0.748. The van der Waals surface area contributed by atoms with Crippen LogP contribution in [0.5, 0.6) is 11.5 Å². The fourth-order valence-corrected chi connectivity index (χ4v) is 2.73. The molecule has 1 amide bonds. The number of halogens is 1. The number of aromatic nitrogens is 2. The lowest BCUT2D eigenvalue weighted by molar-refractivity contribution is 0.187. The summed E-state index contributed by atoms with van der Waals surface area (Å²) >= 11 is 0. The third-order valence-electron chi connectivity index (χ3n) is 4.08. The summed E-state index contributed by atoms with van der Waals surface area (Å²) in [6.07, 6.45) is 1.43. The van der Waals surface area contributed by atoms with Crippen molar-refractivity contribution in [3.63, 3.8) is 0 Å². The smallest absolute Gasteiger partial charge is 0.411 e. The Morgan fingerprint density at radius 1 is 1.37 bits per heavy atom. The van der Waals surface area contributed by atoms with E-state index in [2.05, 4.69) is 15.0 Å². The van der Waals surface area contributed by atoms with E-state index >= 15 is 0 Å². The maximum absolute atomic E-state index is 14.5. The van der Waals surface area contributed by atoms with Gasteiger partial charge in [-0.1, -0.05) is 6.92 Å². The summed E-state index contributed by atoms with van der Waals surface area (Å²) in [5.74, 6) is -0.267. The summed E-state index contributed by atoms with van der Waals surface area (Å²) < 4.78 is 26.7. The van der Waals surface area contributed by atoms with Crippen molar-refractivity contribution in [3.05, 3.63) is 47.5 Å². The van der Waals surface area contributed by atoms with Crippen molar-refractivity contribution in [2.24, 2.45) is 7.05 Å². The van der Waals surface area contributed by atoms with Crippen LogP contribution in [-0.2, 0) is 18.2 Å². The van der Waals surface area contributed by atoms with Crippen molar-refractivity contribution in [3.8, 4) is 17.6 Å². The maximum Gasteiger partial charge on any atom is 0.411 e. The Morgan fingerprint density at radius 2 is 2.15 bits per heavy atom. The number of benzene rings is 2. The molecule has 7 nitrogen and oxygen atoms in total. The van der Waals surface area contributed by atoms with Gasteiger partial charge in [0.2, 0.25) is 0 Å². The standard InChI is InChI=1S/C19H17FN4O3/c1-4-12-5-11(9-21)6-14(20)18(12)27-13-7-15(23-19(25)26-3)17-16(8-13)24(2)10-22-17/h5-8,10H,4H2,1-3H3,(H,23,25). The van der Waals surface area contributed by atoms with Crippen LogP contribution in [0.25, 0.3) is 11.0 Å². The number of ether oxygens (including phenoxy) is 2. The predicted molar refractivity (Wildman–Crippen MR) is 97.3 cm³/mol. The van der Waals surface area contributed by atoms with Crippen LogP contribution in [-0.4, -0.2) is 22.8 Å². The number of rotatable bonds is 4. The van der Waals surface area contributed by atoms with Gasteiger partial charge in [0.25, 0.3) is 0 Å². The number of amides is 1. The van der Waals surface area contributed by atoms with Crippen LogP contribution in [0.1, 0.15) is 18.1 Å². The number of aryl methyl sites for hydroxylation is 2. The molecule has 0 fully saturated rings. The Labute approximate surface area is 154 Å². The minimum atomic E-state index is -0.655. The summed E-state index contributed by atoms with van der Waals surface area (Å²) in [4.78, 5) is 15.9. The topological polar surface area (TPSA) is 89.2 Å². The van der Waals surface area contributed by atoms with E-state index in [0.717, 1.165) is 6.07 Å². The van der Waals surface area contributed by atoms with Crippen LogP contribution >= 0.6 is 0 Å². The van der Waals surface area contributed by atoms with Crippen molar-refractivity contribution in [2.45, 2.75) is 13.3 Å². The van der Waals surface area contributed by atoms with Gasteiger partial charge in [-0.2, -0.15) is 5.26 Å². The summed E-state index contributed by atoms with van der Waals surface area (Å²) in [6.45, 7) is 1.84. The maximum atomic E-state index is 14.5. The Kier molecular flexibility index (Phi) is 4.94. The molecule has 8 heteroatoms. The molecule has 0 unspecified atom stereocenters. The van der Waals surface area contributed by atoms with Gasteiger partial charge in [0.05, 0.1) is 36.3 Å². The number of anilines is 1. The third kappa shape index (κ3) is 3.53. The molecule has 0 aliphatic heterocycles. The Bertz CT molecular complexity index is 1070. The highest BCUT2D eigenvalue weighted by atomic mass is 19.1. The van der Waals surface area contributed by atoms with E-state index in [1.54, 1.807) is 36.1 Å². The number of nitrogens with zero attached hydrogens (tertiary/aromatic N) is 3. The zero-order chi connectivity index (χ0) is 19.6. The number of nitriles is 1. The number of hydrogen-bond acceptors (Lipinski definition) is 5. The van der Waals surface area contributed by atoms with Crippen LogP contribution in [0.4, 0.5) is 14.9 Å². The highest BCUT2D eigenvalue weighted by Gasteiger charge is 2.16. The molecule has 0 aliphatic carbocycles. The molecular weight excluding hydrogens is 351 g/mol. The van der Waals surface area contributed by atoms with Gasteiger partial charge < -0.3 is 14.0 Å². The Morgan fingerprint density at radius 3 is 2.81 bits per heavy atom.